The predicted molar refractivity (Wildman–Crippen MR) is 64.3 cm³/mol. The van der Waals surface area contributed by atoms with E-state index in [0.717, 1.165) is 38.8 Å². The molecule has 0 bridgehead atoms. The minimum atomic E-state index is 0.00343. The van der Waals surface area contributed by atoms with Gasteiger partial charge in [-0.3, -0.25) is 9.69 Å². The highest BCUT2D eigenvalue weighted by molar-refractivity contribution is 5.81. The number of nitrogens with one attached hydrogen (secondary N) is 2. The third-order valence-corrected chi connectivity index (χ3v) is 3.80. The maximum atomic E-state index is 11.9. The molecular weight excluding hydrogens is 202 g/mol. The fourth-order valence-electron chi connectivity index (χ4n) is 2.26. The van der Waals surface area contributed by atoms with Crippen LogP contribution < -0.4 is 10.6 Å². The van der Waals surface area contributed by atoms with E-state index < -0.39 is 0 Å². The summed E-state index contributed by atoms with van der Waals surface area (Å²) in [6.45, 7) is 4.16. The molecule has 1 saturated carbocycles. The Bertz CT molecular complexity index is 247. The van der Waals surface area contributed by atoms with Gasteiger partial charge in [0.2, 0.25) is 5.91 Å². The molecule has 92 valence electrons. The first-order valence-electron chi connectivity index (χ1n) is 6.41. The van der Waals surface area contributed by atoms with Gasteiger partial charge < -0.3 is 10.6 Å². The third kappa shape index (κ3) is 2.95. The molecule has 0 radical (unpaired) electrons. The molecule has 4 heteroatoms. The van der Waals surface area contributed by atoms with E-state index in [4.69, 9.17) is 0 Å². The van der Waals surface area contributed by atoms with Crippen LogP contribution in [0.25, 0.3) is 0 Å². The first kappa shape index (κ1) is 11.9. The minimum Gasteiger partial charge on any atom is -0.352 e. The first-order valence-corrected chi connectivity index (χ1v) is 6.41. The number of carbonyl (C=O) groups excluding carboxylic acids is 1. The maximum Gasteiger partial charge on any atom is 0.237 e. The Kier molecular flexibility index (Phi) is 3.82. The molecule has 16 heavy (non-hydrogen) atoms. The van der Waals surface area contributed by atoms with Gasteiger partial charge in [-0.15, -0.1) is 0 Å². The molecule has 0 aromatic rings. The molecule has 1 aliphatic heterocycles. The van der Waals surface area contributed by atoms with Gasteiger partial charge in [0.1, 0.15) is 0 Å². The SMILES string of the molecule is CC(C(=O)NC1CC1)N(C)C1CCNCC1. The summed E-state index contributed by atoms with van der Waals surface area (Å²) < 4.78 is 0. The van der Waals surface area contributed by atoms with Crippen LogP contribution in [0.3, 0.4) is 0 Å². The summed E-state index contributed by atoms with van der Waals surface area (Å²) in [5.41, 5.74) is 0. The fraction of sp³-hybridized carbons (Fsp3) is 0.917. The highest BCUT2D eigenvalue weighted by Crippen LogP contribution is 2.19. The van der Waals surface area contributed by atoms with E-state index in [1.54, 1.807) is 0 Å². The van der Waals surface area contributed by atoms with Crippen LogP contribution in [0.1, 0.15) is 32.6 Å². The number of nitrogens with zero attached hydrogens (tertiary/aromatic N) is 1. The van der Waals surface area contributed by atoms with Gasteiger partial charge in [-0.25, -0.2) is 0 Å². The smallest absolute Gasteiger partial charge is 0.237 e. The Morgan fingerprint density at radius 2 is 1.94 bits per heavy atom. The van der Waals surface area contributed by atoms with E-state index >= 15 is 0 Å². The molecule has 2 aliphatic rings. The quantitative estimate of drug-likeness (QED) is 0.725. The van der Waals surface area contributed by atoms with Crippen molar-refractivity contribution in [3.63, 3.8) is 0 Å². The monoisotopic (exact) mass is 225 g/mol. The molecule has 1 heterocycles. The summed E-state index contributed by atoms with van der Waals surface area (Å²) in [5, 5.41) is 6.43. The first-order chi connectivity index (χ1) is 7.68. The molecular formula is C12H23N3O. The van der Waals surface area contributed by atoms with Crippen molar-refractivity contribution in [3.05, 3.63) is 0 Å². The zero-order chi connectivity index (χ0) is 11.5. The van der Waals surface area contributed by atoms with Crippen LogP contribution in [0.4, 0.5) is 0 Å². The number of hydrogen-bond donors (Lipinski definition) is 2. The highest BCUT2D eigenvalue weighted by Gasteiger charge is 2.29. The predicted octanol–water partition coefficient (Wildman–Crippen LogP) is 0.337. The van der Waals surface area contributed by atoms with Gasteiger partial charge in [0.25, 0.3) is 0 Å². The number of carbonyl (C=O) groups is 1. The van der Waals surface area contributed by atoms with Crippen LogP contribution in [-0.4, -0.2) is 49.1 Å². The number of amides is 1. The second-order valence-electron chi connectivity index (χ2n) is 5.11. The van der Waals surface area contributed by atoms with Crippen molar-refractivity contribution >= 4 is 5.91 Å². The van der Waals surface area contributed by atoms with E-state index in [-0.39, 0.29) is 11.9 Å². The summed E-state index contributed by atoms with van der Waals surface area (Å²) in [5.74, 6) is 0.198. The summed E-state index contributed by atoms with van der Waals surface area (Å²) >= 11 is 0. The third-order valence-electron chi connectivity index (χ3n) is 3.80. The molecule has 2 rings (SSSR count). The van der Waals surface area contributed by atoms with Gasteiger partial charge in [-0.05, 0) is 52.7 Å². The average Bonchev–Trinajstić information content (AvgIpc) is 3.12. The lowest BCUT2D eigenvalue weighted by molar-refractivity contribution is -0.126. The lowest BCUT2D eigenvalue weighted by atomic mass is 10.0. The number of rotatable bonds is 4. The van der Waals surface area contributed by atoms with E-state index in [1.165, 1.54) is 0 Å². The molecule has 1 saturated heterocycles. The normalized spacial score (nSPS) is 24.4. The van der Waals surface area contributed by atoms with Crippen molar-refractivity contribution in [2.45, 2.75) is 50.7 Å². The number of piperidine rings is 1. The van der Waals surface area contributed by atoms with Crippen LogP contribution >= 0.6 is 0 Å². The van der Waals surface area contributed by atoms with Gasteiger partial charge in [0.05, 0.1) is 6.04 Å². The standard InChI is InChI=1S/C12H23N3O/c1-9(12(16)14-10-3-4-10)15(2)11-5-7-13-8-6-11/h9-11,13H,3-8H2,1-2H3,(H,14,16). The molecule has 4 nitrogen and oxygen atoms in total. The Morgan fingerprint density at radius 1 is 1.31 bits per heavy atom. The molecule has 0 aromatic carbocycles. The molecule has 2 fully saturated rings. The number of likely N-dealkylation sites (N-methyl/N-ethyl adjacent to an activating group) is 1. The zero-order valence-corrected chi connectivity index (χ0v) is 10.3. The van der Waals surface area contributed by atoms with Gasteiger partial charge in [0.15, 0.2) is 0 Å². The maximum absolute atomic E-state index is 11.9. The second kappa shape index (κ2) is 5.15. The van der Waals surface area contributed by atoms with E-state index in [0.29, 0.717) is 12.1 Å². The topological polar surface area (TPSA) is 44.4 Å². The lowest BCUT2D eigenvalue weighted by Crippen LogP contribution is -2.50. The summed E-state index contributed by atoms with van der Waals surface area (Å²) in [4.78, 5) is 14.1. The van der Waals surface area contributed by atoms with Crippen LogP contribution in [0.5, 0.6) is 0 Å². The molecule has 1 aliphatic carbocycles. The van der Waals surface area contributed by atoms with E-state index in [9.17, 15) is 4.79 Å². The highest BCUT2D eigenvalue weighted by atomic mass is 16.2. The Morgan fingerprint density at radius 3 is 2.50 bits per heavy atom. The number of hydrogen-bond acceptors (Lipinski definition) is 3. The largest absolute Gasteiger partial charge is 0.352 e. The summed E-state index contributed by atoms with van der Waals surface area (Å²) in [6, 6.07) is 1.03. The van der Waals surface area contributed by atoms with Crippen molar-refractivity contribution in [2.24, 2.45) is 0 Å². The molecule has 1 atom stereocenters. The zero-order valence-electron chi connectivity index (χ0n) is 10.3. The van der Waals surface area contributed by atoms with Crippen molar-refractivity contribution in [1.82, 2.24) is 15.5 Å². The van der Waals surface area contributed by atoms with Crippen molar-refractivity contribution in [1.29, 1.82) is 0 Å². The molecule has 1 unspecified atom stereocenters. The molecule has 0 spiro atoms. The molecule has 1 amide bonds. The van der Waals surface area contributed by atoms with Gasteiger partial charge in [-0.2, -0.15) is 0 Å². The van der Waals surface area contributed by atoms with Crippen molar-refractivity contribution < 1.29 is 4.79 Å². The van der Waals surface area contributed by atoms with Crippen LogP contribution in [0, 0.1) is 0 Å². The van der Waals surface area contributed by atoms with Gasteiger partial charge in [0, 0.05) is 12.1 Å². The van der Waals surface area contributed by atoms with Crippen molar-refractivity contribution in [2.75, 3.05) is 20.1 Å². The summed E-state index contributed by atoms with van der Waals surface area (Å²) in [7, 11) is 2.08. The summed E-state index contributed by atoms with van der Waals surface area (Å²) in [6.07, 6.45) is 4.63. The van der Waals surface area contributed by atoms with E-state index in [2.05, 4.69) is 22.6 Å². The van der Waals surface area contributed by atoms with Crippen LogP contribution in [0.2, 0.25) is 0 Å². The van der Waals surface area contributed by atoms with Gasteiger partial charge in [-0.1, -0.05) is 0 Å². The Labute approximate surface area is 97.8 Å². The fourth-order valence-corrected chi connectivity index (χ4v) is 2.26. The van der Waals surface area contributed by atoms with Crippen LogP contribution in [0.15, 0.2) is 0 Å². The Hall–Kier alpha value is -0.610. The van der Waals surface area contributed by atoms with Gasteiger partial charge >= 0.3 is 0 Å². The van der Waals surface area contributed by atoms with Crippen molar-refractivity contribution in [3.8, 4) is 0 Å². The average molecular weight is 225 g/mol. The minimum absolute atomic E-state index is 0.00343. The Balaban J connectivity index is 1.81. The lowest BCUT2D eigenvalue weighted by Gasteiger charge is -2.35. The van der Waals surface area contributed by atoms with E-state index in [1.807, 2.05) is 6.92 Å². The molecule has 0 aromatic heterocycles. The second-order valence-corrected chi connectivity index (χ2v) is 5.11. The van der Waals surface area contributed by atoms with Crippen LogP contribution in [-0.2, 0) is 4.79 Å². The molecule has 2 N–H and O–H groups in total.